The van der Waals surface area contributed by atoms with Crippen LogP contribution in [-0.4, -0.2) is 35.1 Å². The fraction of sp³-hybridized carbons (Fsp3) is 0.286. The van der Waals surface area contributed by atoms with Crippen molar-refractivity contribution in [2.75, 3.05) is 6.54 Å². The summed E-state index contributed by atoms with van der Waals surface area (Å²) in [5, 5.41) is 5.18. The maximum absolute atomic E-state index is 13.0. The van der Waals surface area contributed by atoms with E-state index in [0.29, 0.717) is 30.2 Å². The van der Waals surface area contributed by atoms with Gasteiger partial charge in [0, 0.05) is 30.9 Å². The first kappa shape index (κ1) is 20.6. The minimum absolute atomic E-state index is 0.0336. The van der Waals surface area contributed by atoms with Crippen LogP contribution in [-0.2, 0) is 22.3 Å². The molecule has 2 aromatic heterocycles. The first-order valence-electron chi connectivity index (χ1n) is 9.69. The SMILES string of the molecule is O=C(NCc1cccnc1)c1csc(C2CCCN2S(=O)(=O)Cc2ccccc2)n1. The Morgan fingerprint density at radius 2 is 1.97 bits per heavy atom. The number of benzene rings is 1. The zero-order valence-corrected chi connectivity index (χ0v) is 17.9. The van der Waals surface area contributed by atoms with Crippen molar-refractivity contribution >= 4 is 27.3 Å². The summed E-state index contributed by atoms with van der Waals surface area (Å²) in [5.41, 5.74) is 1.97. The average Bonchev–Trinajstić information content (AvgIpc) is 3.43. The molecule has 0 bridgehead atoms. The normalized spacial score (nSPS) is 17.1. The lowest BCUT2D eigenvalue weighted by molar-refractivity contribution is 0.0946. The molecule has 9 heteroatoms. The lowest BCUT2D eigenvalue weighted by Crippen LogP contribution is -2.31. The number of nitrogens with one attached hydrogen (secondary N) is 1. The Kier molecular flexibility index (Phi) is 6.21. The number of thiazole rings is 1. The number of pyridine rings is 1. The molecule has 1 N–H and O–H groups in total. The van der Waals surface area contributed by atoms with E-state index in [1.807, 2.05) is 42.5 Å². The fourth-order valence-corrected chi connectivity index (χ4v) is 6.30. The number of aromatic nitrogens is 2. The second kappa shape index (κ2) is 9.03. The third-order valence-corrected chi connectivity index (χ3v) is 7.76. The number of carbonyl (C=O) groups excluding carboxylic acids is 1. The fourth-order valence-electron chi connectivity index (χ4n) is 3.51. The van der Waals surface area contributed by atoms with Crippen LogP contribution >= 0.6 is 11.3 Å². The van der Waals surface area contributed by atoms with Crippen LogP contribution in [0.4, 0.5) is 0 Å². The molecule has 1 unspecified atom stereocenters. The van der Waals surface area contributed by atoms with Crippen LogP contribution in [0, 0.1) is 0 Å². The minimum atomic E-state index is -3.48. The Hall–Kier alpha value is -2.62. The number of amides is 1. The first-order valence-corrected chi connectivity index (χ1v) is 12.2. The largest absolute Gasteiger partial charge is 0.347 e. The second-order valence-corrected chi connectivity index (χ2v) is 9.94. The highest BCUT2D eigenvalue weighted by Gasteiger charge is 2.37. The Balaban J connectivity index is 1.44. The predicted molar refractivity (Wildman–Crippen MR) is 115 cm³/mol. The molecule has 1 atom stereocenters. The standard InChI is InChI=1S/C21H22N4O3S2/c26-20(23-13-17-8-4-10-22-12-17)18-14-29-21(24-18)19-9-5-11-25(19)30(27,28)15-16-6-2-1-3-7-16/h1-4,6-8,10,12,14,19H,5,9,11,13,15H2,(H,23,26). The van der Waals surface area contributed by atoms with Crippen LogP contribution < -0.4 is 5.32 Å². The smallest absolute Gasteiger partial charge is 0.271 e. The summed E-state index contributed by atoms with van der Waals surface area (Å²) in [5.74, 6) is -0.313. The molecule has 1 fully saturated rings. The molecular formula is C21H22N4O3S2. The van der Waals surface area contributed by atoms with Gasteiger partial charge in [-0.25, -0.2) is 13.4 Å². The number of nitrogens with zero attached hydrogens (tertiary/aromatic N) is 3. The monoisotopic (exact) mass is 442 g/mol. The van der Waals surface area contributed by atoms with Gasteiger partial charge in [0.15, 0.2) is 0 Å². The van der Waals surface area contributed by atoms with Crippen molar-refractivity contribution in [2.24, 2.45) is 0 Å². The topological polar surface area (TPSA) is 92.3 Å². The van der Waals surface area contributed by atoms with E-state index in [1.165, 1.54) is 15.6 Å². The first-order chi connectivity index (χ1) is 14.5. The molecular weight excluding hydrogens is 420 g/mol. The Morgan fingerprint density at radius 3 is 2.73 bits per heavy atom. The van der Waals surface area contributed by atoms with Gasteiger partial charge in [0.05, 0.1) is 11.8 Å². The van der Waals surface area contributed by atoms with Gasteiger partial charge in [0.2, 0.25) is 10.0 Å². The van der Waals surface area contributed by atoms with Crippen molar-refractivity contribution in [3.63, 3.8) is 0 Å². The lowest BCUT2D eigenvalue weighted by Gasteiger charge is -2.22. The molecule has 1 aromatic carbocycles. The molecule has 1 saturated heterocycles. The molecule has 0 spiro atoms. The molecule has 156 valence electrons. The second-order valence-electron chi connectivity index (χ2n) is 7.13. The van der Waals surface area contributed by atoms with Crippen LogP contribution in [0.1, 0.15) is 45.5 Å². The van der Waals surface area contributed by atoms with Crippen molar-refractivity contribution in [2.45, 2.75) is 31.2 Å². The van der Waals surface area contributed by atoms with E-state index in [1.54, 1.807) is 17.8 Å². The van der Waals surface area contributed by atoms with Crippen LogP contribution in [0.3, 0.4) is 0 Å². The quantitative estimate of drug-likeness (QED) is 0.607. The van der Waals surface area contributed by atoms with Gasteiger partial charge in [-0.2, -0.15) is 4.31 Å². The zero-order chi connectivity index (χ0) is 21.0. The molecule has 4 rings (SSSR count). The van der Waals surface area contributed by atoms with Crippen LogP contribution in [0.25, 0.3) is 0 Å². The van der Waals surface area contributed by atoms with Gasteiger partial charge in [0.25, 0.3) is 5.91 Å². The van der Waals surface area contributed by atoms with E-state index in [-0.39, 0.29) is 17.7 Å². The van der Waals surface area contributed by atoms with Crippen molar-refractivity contribution < 1.29 is 13.2 Å². The number of carbonyl (C=O) groups is 1. The summed E-state index contributed by atoms with van der Waals surface area (Å²) >= 11 is 1.33. The number of rotatable bonds is 7. The molecule has 0 aliphatic carbocycles. The summed E-state index contributed by atoms with van der Waals surface area (Å²) in [7, 11) is -3.48. The molecule has 3 aromatic rings. The highest BCUT2D eigenvalue weighted by Crippen LogP contribution is 2.36. The molecule has 0 radical (unpaired) electrons. The zero-order valence-electron chi connectivity index (χ0n) is 16.3. The van der Waals surface area contributed by atoms with Gasteiger partial charge in [0.1, 0.15) is 10.7 Å². The number of hydrogen-bond acceptors (Lipinski definition) is 6. The van der Waals surface area contributed by atoms with E-state index in [2.05, 4.69) is 15.3 Å². The molecule has 7 nitrogen and oxygen atoms in total. The van der Waals surface area contributed by atoms with E-state index in [4.69, 9.17) is 0 Å². The summed E-state index contributed by atoms with van der Waals surface area (Å²) in [6.07, 6.45) is 4.86. The van der Waals surface area contributed by atoms with Crippen molar-refractivity contribution in [3.8, 4) is 0 Å². The highest BCUT2D eigenvalue weighted by molar-refractivity contribution is 7.88. The molecule has 1 aliphatic rings. The Bertz CT molecular complexity index is 1100. The van der Waals surface area contributed by atoms with Gasteiger partial charge < -0.3 is 5.32 Å². The van der Waals surface area contributed by atoms with Gasteiger partial charge in [-0.3, -0.25) is 9.78 Å². The summed E-state index contributed by atoms with van der Waals surface area (Å²) in [6, 6.07) is 12.6. The van der Waals surface area contributed by atoms with E-state index in [9.17, 15) is 13.2 Å². The van der Waals surface area contributed by atoms with Gasteiger partial charge >= 0.3 is 0 Å². The van der Waals surface area contributed by atoms with Crippen molar-refractivity contribution in [3.05, 3.63) is 82.1 Å². The van der Waals surface area contributed by atoms with Gasteiger partial charge in [-0.05, 0) is 30.0 Å². The van der Waals surface area contributed by atoms with E-state index in [0.717, 1.165) is 17.5 Å². The molecule has 1 amide bonds. The summed E-state index contributed by atoms with van der Waals surface area (Å²) in [4.78, 5) is 20.9. The third-order valence-electron chi connectivity index (χ3n) is 4.97. The lowest BCUT2D eigenvalue weighted by atomic mass is 10.2. The summed E-state index contributed by atoms with van der Waals surface area (Å²) in [6.45, 7) is 0.836. The maximum atomic E-state index is 13.0. The number of hydrogen-bond donors (Lipinski definition) is 1. The minimum Gasteiger partial charge on any atom is -0.347 e. The predicted octanol–water partition coefficient (Wildman–Crippen LogP) is 3.14. The molecule has 1 aliphatic heterocycles. The van der Waals surface area contributed by atoms with Crippen molar-refractivity contribution in [1.29, 1.82) is 0 Å². The number of sulfonamides is 1. The van der Waals surface area contributed by atoms with Crippen molar-refractivity contribution in [1.82, 2.24) is 19.6 Å². The maximum Gasteiger partial charge on any atom is 0.271 e. The average molecular weight is 443 g/mol. The van der Waals surface area contributed by atoms with Gasteiger partial charge in [-0.15, -0.1) is 11.3 Å². The van der Waals surface area contributed by atoms with E-state index < -0.39 is 10.0 Å². The molecule has 3 heterocycles. The Labute approximate surface area is 179 Å². The van der Waals surface area contributed by atoms with Gasteiger partial charge in [-0.1, -0.05) is 36.4 Å². The van der Waals surface area contributed by atoms with E-state index >= 15 is 0 Å². The van der Waals surface area contributed by atoms with Crippen LogP contribution in [0.15, 0.2) is 60.2 Å². The van der Waals surface area contributed by atoms with Crippen LogP contribution in [0.5, 0.6) is 0 Å². The summed E-state index contributed by atoms with van der Waals surface area (Å²) < 4.78 is 27.5. The van der Waals surface area contributed by atoms with Crippen LogP contribution in [0.2, 0.25) is 0 Å². The molecule has 30 heavy (non-hydrogen) atoms. The highest BCUT2D eigenvalue weighted by atomic mass is 32.2. The third kappa shape index (κ3) is 4.75. The molecule has 0 saturated carbocycles. The Morgan fingerprint density at radius 1 is 1.17 bits per heavy atom.